The summed E-state index contributed by atoms with van der Waals surface area (Å²) in [5.74, 6) is 1.96. The van der Waals surface area contributed by atoms with Gasteiger partial charge in [0.05, 0.1) is 0 Å². The van der Waals surface area contributed by atoms with Gasteiger partial charge in [0, 0.05) is 0 Å². The van der Waals surface area contributed by atoms with Crippen LogP contribution in [-0.2, 0) is 0 Å². The zero-order valence-corrected chi connectivity index (χ0v) is 8.60. The van der Waals surface area contributed by atoms with Gasteiger partial charge < -0.3 is 5.32 Å². The monoisotopic (exact) mass is 169 g/mol. The van der Waals surface area contributed by atoms with Crippen LogP contribution in [0.2, 0.25) is 0 Å². The highest BCUT2D eigenvalue weighted by molar-refractivity contribution is 4.75. The van der Waals surface area contributed by atoms with Gasteiger partial charge in [0.25, 0.3) is 0 Å². The molecule has 2 unspecified atom stereocenters. The molecule has 2 atom stereocenters. The van der Waals surface area contributed by atoms with E-state index in [-0.39, 0.29) is 0 Å². The zero-order valence-electron chi connectivity index (χ0n) is 8.60. The molecule has 0 spiro atoms. The molecule has 1 aliphatic heterocycles. The first-order valence-electron chi connectivity index (χ1n) is 5.59. The Morgan fingerprint density at radius 2 is 2.25 bits per heavy atom. The van der Waals surface area contributed by atoms with Crippen LogP contribution >= 0.6 is 0 Å². The molecule has 1 heteroatoms. The van der Waals surface area contributed by atoms with Gasteiger partial charge in [-0.15, -0.1) is 0 Å². The minimum atomic E-state index is 0.976. The second-order valence-electron chi connectivity index (χ2n) is 4.06. The van der Waals surface area contributed by atoms with E-state index in [1.54, 1.807) is 0 Å². The number of rotatable bonds is 4. The van der Waals surface area contributed by atoms with Crippen molar-refractivity contribution < 1.29 is 0 Å². The highest BCUT2D eigenvalue weighted by atomic mass is 14.9. The van der Waals surface area contributed by atoms with E-state index >= 15 is 0 Å². The SMILES string of the molecule is CCCC(CC)C1CCCNC1. The molecule has 1 heterocycles. The standard InChI is InChI=1S/C11H23N/c1-3-6-10(4-2)11-7-5-8-12-9-11/h10-12H,3-9H2,1-2H3. The van der Waals surface area contributed by atoms with Crippen molar-refractivity contribution >= 4 is 0 Å². The highest BCUT2D eigenvalue weighted by Crippen LogP contribution is 2.26. The molecule has 0 aromatic rings. The van der Waals surface area contributed by atoms with Gasteiger partial charge in [-0.1, -0.05) is 33.1 Å². The van der Waals surface area contributed by atoms with E-state index in [0.29, 0.717) is 0 Å². The molecule has 0 radical (unpaired) electrons. The normalized spacial score (nSPS) is 27.0. The maximum atomic E-state index is 3.51. The summed E-state index contributed by atoms with van der Waals surface area (Å²) in [6.45, 7) is 7.17. The van der Waals surface area contributed by atoms with Crippen molar-refractivity contribution in [1.29, 1.82) is 0 Å². The molecule has 0 amide bonds. The lowest BCUT2D eigenvalue weighted by molar-refractivity contribution is 0.243. The van der Waals surface area contributed by atoms with Gasteiger partial charge in [0.1, 0.15) is 0 Å². The second kappa shape index (κ2) is 5.58. The molecular formula is C11H23N. The smallest absolute Gasteiger partial charge is 0.00179 e. The topological polar surface area (TPSA) is 12.0 Å². The Labute approximate surface area is 76.9 Å². The molecule has 1 fully saturated rings. The van der Waals surface area contributed by atoms with Crippen molar-refractivity contribution in [2.24, 2.45) is 11.8 Å². The van der Waals surface area contributed by atoms with E-state index in [9.17, 15) is 0 Å². The van der Waals surface area contributed by atoms with Crippen LogP contribution in [0.5, 0.6) is 0 Å². The summed E-state index contributed by atoms with van der Waals surface area (Å²) in [6, 6.07) is 0. The van der Waals surface area contributed by atoms with E-state index in [1.807, 2.05) is 0 Å². The lowest BCUT2D eigenvalue weighted by Gasteiger charge is -2.29. The van der Waals surface area contributed by atoms with Crippen LogP contribution in [0.25, 0.3) is 0 Å². The summed E-state index contributed by atoms with van der Waals surface area (Å²) < 4.78 is 0. The minimum Gasteiger partial charge on any atom is -0.316 e. The van der Waals surface area contributed by atoms with E-state index < -0.39 is 0 Å². The molecule has 12 heavy (non-hydrogen) atoms. The lowest BCUT2D eigenvalue weighted by atomic mass is 9.82. The van der Waals surface area contributed by atoms with Crippen molar-refractivity contribution in [3.8, 4) is 0 Å². The Morgan fingerprint density at radius 3 is 2.75 bits per heavy atom. The van der Waals surface area contributed by atoms with Gasteiger partial charge in [-0.25, -0.2) is 0 Å². The fourth-order valence-electron chi connectivity index (χ4n) is 2.43. The molecule has 0 aromatic heterocycles. The predicted octanol–water partition coefficient (Wildman–Crippen LogP) is 2.81. The van der Waals surface area contributed by atoms with Gasteiger partial charge in [0.2, 0.25) is 0 Å². The summed E-state index contributed by atoms with van der Waals surface area (Å²) in [7, 11) is 0. The predicted molar refractivity (Wildman–Crippen MR) is 54.3 cm³/mol. The summed E-state index contributed by atoms with van der Waals surface area (Å²) in [6.07, 6.45) is 7.02. The average molecular weight is 169 g/mol. The van der Waals surface area contributed by atoms with Crippen LogP contribution < -0.4 is 5.32 Å². The summed E-state index contributed by atoms with van der Waals surface area (Å²) >= 11 is 0. The second-order valence-corrected chi connectivity index (χ2v) is 4.06. The molecule has 0 aliphatic carbocycles. The average Bonchev–Trinajstić information content (AvgIpc) is 2.15. The third-order valence-corrected chi connectivity index (χ3v) is 3.19. The zero-order chi connectivity index (χ0) is 8.81. The molecule has 1 rings (SSSR count). The summed E-state index contributed by atoms with van der Waals surface area (Å²) in [5, 5.41) is 3.51. The van der Waals surface area contributed by atoms with E-state index in [2.05, 4.69) is 19.2 Å². The first-order valence-corrected chi connectivity index (χ1v) is 5.59. The van der Waals surface area contributed by atoms with Crippen LogP contribution in [0.1, 0.15) is 46.0 Å². The highest BCUT2D eigenvalue weighted by Gasteiger charge is 2.20. The number of hydrogen-bond donors (Lipinski definition) is 1. The van der Waals surface area contributed by atoms with Crippen LogP contribution in [0, 0.1) is 11.8 Å². The van der Waals surface area contributed by atoms with Crippen molar-refractivity contribution in [3.63, 3.8) is 0 Å². The van der Waals surface area contributed by atoms with Crippen LogP contribution in [0.4, 0.5) is 0 Å². The maximum absolute atomic E-state index is 3.51. The Morgan fingerprint density at radius 1 is 1.42 bits per heavy atom. The van der Waals surface area contributed by atoms with Gasteiger partial charge >= 0.3 is 0 Å². The quantitative estimate of drug-likeness (QED) is 0.682. The van der Waals surface area contributed by atoms with Crippen LogP contribution in [0.3, 0.4) is 0 Å². The van der Waals surface area contributed by atoms with E-state index in [1.165, 1.54) is 45.2 Å². The third kappa shape index (κ3) is 2.78. The van der Waals surface area contributed by atoms with Gasteiger partial charge in [-0.05, 0) is 37.8 Å². The Balaban J connectivity index is 2.29. The fourth-order valence-corrected chi connectivity index (χ4v) is 2.43. The van der Waals surface area contributed by atoms with Gasteiger partial charge in [-0.2, -0.15) is 0 Å². The molecular weight excluding hydrogens is 146 g/mol. The first-order chi connectivity index (χ1) is 5.88. The molecule has 1 nitrogen and oxygen atoms in total. The number of piperidine rings is 1. The first kappa shape index (κ1) is 10.0. The molecule has 0 bridgehead atoms. The third-order valence-electron chi connectivity index (χ3n) is 3.19. The molecule has 1 saturated heterocycles. The van der Waals surface area contributed by atoms with Crippen LogP contribution in [-0.4, -0.2) is 13.1 Å². The fraction of sp³-hybridized carbons (Fsp3) is 1.00. The number of nitrogens with one attached hydrogen (secondary N) is 1. The van der Waals surface area contributed by atoms with E-state index in [0.717, 1.165) is 11.8 Å². The van der Waals surface area contributed by atoms with Gasteiger partial charge in [-0.3, -0.25) is 0 Å². The molecule has 1 aliphatic rings. The minimum absolute atomic E-state index is 0.976. The Hall–Kier alpha value is -0.0400. The van der Waals surface area contributed by atoms with Crippen molar-refractivity contribution in [3.05, 3.63) is 0 Å². The van der Waals surface area contributed by atoms with E-state index in [4.69, 9.17) is 0 Å². The van der Waals surface area contributed by atoms with Crippen molar-refractivity contribution in [1.82, 2.24) is 5.32 Å². The molecule has 72 valence electrons. The van der Waals surface area contributed by atoms with Crippen molar-refractivity contribution in [2.45, 2.75) is 46.0 Å². The Kier molecular flexibility index (Phi) is 4.67. The van der Waals surface area contributed by atoms with Gasteiger partial charge in [0.15, 0.2) is 0 Å². The Bertz CT molecular complexity index is 103. The number of hydrogen-bond acceptors (Lipinski definition) is 1. The van der Waals surface area contributed by atoms with Crippen molar-refractivity contribution in [2.75, 3.05) is 13.1 Å². The molecule has 0 aromatic carbocycles. The molecule has 1 N–H and O–H groups in total. The summed E-state index contributed by atoms with van der Waals surface area (Å²) in [4.78, 5) is 0. The lowest BCUT2D eigenvalue weighted by Crippen LogP contribution is -2.33. The summed E-state index contributed by atoms with van der Waals surface area (Å²) in [5.41, 5.74) is 0. The van der Waals surface area contributed by atoms with Crippen LogP contribution in [0.15, 0.2) is 0 Å². The molecule has 0 saturated carbocycles. The largest absolute Gasteiger partial charge is 0.316 e. The maximum Gasteiger partial charge on any atom is -0.00179 e.